The molecule has 0 aliphatic carbocycles. The molecule has 0 bridgehead atoms. The molecule has 3 rings (SSSR count). The summed E-state index contributed by atoms with van der Waals surface area (Å²) in [7, 11) is 1.99. The number of nitrogens with zero attached hydrogens (tertiary/aromatic N) is 4. The zero-order chi connectivity index (χ0) is 13.9. The first-order valence-corrected chi connectivity index (χ1v) is 7.74. The van der Waals surface area contributed by atoms with E-state index in [1.54, 1.807) is 0 Å². The molecule has 112 valence electrons. The van der Waals surface area contributed by atoms with E-state index in [1.807, 2.05) is 17.9 Å². The molecule has 0 aromatic carbocycles. The maximum atomic E-state index is 6.13. The van der Waals surface area contributed by atoms with E-state index in [0.717, 1.165) is 31.8 Å². The van der Waals surface area contributed by atoms with Gasteiger partial charge in [-0.1, -0.05) is 12.1 Å². The second-order valence-corrected chi connectivity index (χ2v) is 5.81. The largest absolute Gasteiger partial charge is 0.373 e. The topological polar surface area (TPSA) is 55.2 Å². The molecule has 6 nitrogen and oxygen atoms in total. The summed E-state index contributed by atoms with van der Waals surface area (Å²) in [5, 5.41) is 11.7. The van der Waals surface area contributed by atoms with Crippen molar-refractivity contribution in [3.8, 4) is 0 Å². The maximum Gasteiger partial charge on any atom is 0.0912 e. The zero-order valence-electron chi connectivity index (χ0n) is 12.5. The molecule has 1 aromatic heterocycles. The van der Waals surface area contributed by atoms with Gasteiger partial charge < -0.3 is 10.1 Å². The van der Waals surface area contributed by atoms with E-state index in [-0.39, 0.29) is 12.1 Å². The van der Waals surface area contributed by atoms with Crippen LogP contribution in [0.25, 0.3) is 0 Å². The van der Waals surface area contributed by atoms with E-state index in [1.165, 1.54) is 19.4 Å². The molecule has 20 heavy (non-hydrogen) atoms. The third-order valence-electron chi connectivity index (χ3n) is 4.50. The van der Waals surface area contributed by atoms with Crippen molar-refractivity contribution in [2.24, 2.45) is 0 Å². The van der Waals surface area contributed by atoms with Crippen molar-refractivity contribution in [1.29, 1.82) is 0 Å². The van der Waals surface area contributed by atoms with E-state index in [9.17, 15) is 0 Å². The smallest absolute Gasteiger partial charge is 0.0912 e. The van der Waals surface area contributed by atoms with Gasteiger partial charge in [-0.25, -0.2) is 4.68 Å². The molecule has 0 amide bonds. The van der Waals surface area contributed by atoms with Gasteiger partial charge in [0.25, 0.3) is 0 Å². The van der Waals surface area contributed by atoms with Gasteiger partial charge in [0.2, 0.25) is 0 Å². The maximum absolute atomic E-state index is 6.13. The first-order chi connectivity index (χ1) is 9.83. The van der Waals surface area contributed by atoms with Gasteiger partial charge in [0.05, 0.1) is 30.6 Å². The Labute approximate surface area is 120 Å². The average Bonchev–Trinajstić information content (AvgIpc) is 3.09. The van der Waals surface area contributed by atoms with Gasteiger partial charge in [0, 0.05) is 19.1 Å². The number of rotatable bonds is 5. The van der Waals surface area contributed by atoms with Crippen LogP contribution >= 0.6 is 0 Å². The third kappa shape index (κ3) is 2.60. The standard InChI is InChI=1S/C14H25N5O/c1-3-6-19-12(8-16-17-19)14(15-2)13-9-18-7-4-5-11(18)10-20-13/h8,11,13-15H,3-7,9-10H2,1-2H3. The Morgan fingerprint density at radius 3 is 3.25 bits per heavy atom. The van der Waals surface area contributed by atoms with Gasteiger partial charge in [0.15, 0.2) is 0 Å². The summed E-state index contributed by atoms with van der Waals surface area (Å²) >= 11 is 0. The molecule has 1 N–H and O–H groups in total. The average molecular weight is 279 g/mol. The molecule has 3 heterocycles. The zero-order valence-corrected chi connectivity index (χ0v) is 12.5. The second kappa shape index (κ2) is 6.20. The normalized spacial score (nSPS) is 28.5. The summed E-state index contributed by atoms with van der Waals surface area (Å²) in [4.78, 5) is 2.58. The fourth-order valence-electron chi connectivity index (χ4n) is 3.46. The van der Waals surface area contributed by atoms with E-state index < -0.39 is 0 Å². The Kier molecular flexibility index (Phi) is 4.33. The van der Waals surface area contributed by atoms with Crippen LogP contribution in [0.1, 0.15) is 37.9 Å². The summed E-state index contributed by atoms with van der Waals surface area (Å²) in [5.74, 6) is 0. The SMILES string of the molecule is CCCn1nncc1C(NC)C1CN2CCCC2CO1. The van der Waals surface area contributed by atoms with E-state index >= 15 is 0 Å². The number of fused-ring (bicyclic) bond motifs is 1. The second-order valence-electron chi connectivity index (χ2n) is 5.81. The lowest BCUT2D eigenvalue weighted by Gasteiger charge is -2.38. The number of aryl methyl sites for hydroxylation is 1. The molecule has 2 aliphatic rings. The van der Waals surface area contributed by atoms with Gasteiger partial charge in [-0.3, -0.25) is 4.90 Å². The quantitative estimate of drug-likeness (QED) is 0.864. The summed E-state index contributed by atoms with van der Waals surface area (Å²) in [5.41, 5.74) is 1.14. The highest BCUT2D eigenvalue weighted by molar-refractivity contribution is 5.07. The minimum absolute atomic E-state index is 0.165. The van der Waals surface area contributed by atoms with Crippen molar-refractivity contribution in [3.05, 3.63) is 11.9 Å². The summed E-state index contributed by atoms with van der Waals surface area (Å²) in [6.45, 7) is 6.15. The van der Waals surface area contributed by atoms with Gasteiger partial charge in [0.1, 0.15) is 0 Å². The first kappa shape index (κ1) is 14.0. The molecular weight excluding hydrogens is 254 g/mol. The molecular formula is C14H25N5O. The van der Waals surface area contributed by atoms with Crippen LogP contribution in [0.3, 0.4) is 0 Å². The molecule has 3 atom stereocenters. The van der Waals surface area contributed by atoms with Crippen LogP contribution in [0.4, 0.5) is 0 Å². The van der Waals surface area contributed by atoms with Gasteiger partial charge in [-0.2, -0.15) is 0 Å². The monoisotopic (exact) mass is 279 g/mol. The number of morpholine rings is 1. The molecule has 2 aliphatic heterocycles. The number of likely N-dealkylation sites (N-methyl/N-ethyl adjacent to an activating group) is 1. The molecule has 0 radical (unpaired) electrons. The highest BCUT2D eigenvalue weighted by Gasteiger charge is 2.36. The highest BCUT2D eigenvalue weighted by atomic mass is 16.5. The first-order valence-electron chi connectivity index (χ1n) is 7.74. The predicted octanol–water partition coefficient (Wildman–Crippen LogP) is 0.812. The fraction of sp³-hybridized carbons (Fsp3) is 0.857. The number of nitrogens with one attached hydrogen (secondary N) is 1. The van der Waals surface area contributed by atoms with E-state index in [2.05, 4.69) is 27.5 Å². The fourth-order valence-corrected chi connectivity index (χ4v) is 3.46. The lowest BCUT2D eigenvalue weighted by molar-refractivity contribution is -0.0654. The van der Waals surface area contributed by atoms with Crippen LogP contribution in [-0.2, 0) is 11.3 Å². The molecule has 0 saturated carbocycles. The van der Waals surface area contributed by atoms with Crippen molar-refractivity contribution < 1.29 is 4.74 Å². The molecule has 6 heteroatoms. The van der Waals surface area contributed by atoms with Crippen LogP contribution in [0.5, 0.6) is 0 Å². The molecule has 3 unspecified atom stereocenters. The third-order valence-corrected chi connectivity index (χ3v) is 4.50. The molecule has 0 spiro atoms. The van der Waals surface area contributed by atoms with E-state index in [4.69, 9.17) is 4.74 Å². The van der Waals surface area contributed by atoms with Crippen LogP contribution in [0.2, 0.25) is 0 Å². The minimum atomic E-state index is 0.165. The summed E-state index contributed by atoms with van der Waals surface area (Å²) in [6.07, 6.45) is 5.71. The number of hydrogen-bond donors (Lipinski definition) is 1. The Hall–Kier alpha value is -0.980. The van der Waals surface area contributed by atoms with Crippen molar-refractivity contribution in [2.45, 2.75) is 50.9 Å². The lowest BCUT2D eigenvalue weighted by atomic mass is 10.0. The van der Waals surface area contributed by atoms with Crippen molar-refractivity contribution in [1.82, 2.24) is 25.2 Å². The van der Waals surface area contributed by atoms with Gasteiger partial charge in [-0.15, -0.1) is 5.10 Å². The molecule has 2 saturated heterocycles. The number of ether oxygens (including phenoxy) is 1. The van der Waals surface area contributed by atoms with Crippen molar-refractivity contribution in [2.75, 3.05) is 26.7 Å². The van der Waals surface area contributed by atoms with Crippen molar-refractivity contribution in [3.63, 3.8) is 0 Å². The summed E-state index contributed by atoms with van der Waals surface area (Å²) in [6, 6.07) is 0.806. The predicted molar refractivity (Wildman–Crippen MR) is 76.4 cm³/mol. The number of hydrogen-bond acceptors (Lipinski definition) is 5. The highest BCUT2D eigenvalue weighted by Crippen LogP contribution is 2.28. The Balaban J connectivity index is 1.74. The molecule has 1 aromatic rings. The Bertz CT molecular complexity index is 435. The van der Waals surface area contributed by atoms with Crippen LogP contribution in [0.15, 0.2) is 6.20 Å². The number of aromatic nitrogens is 3. The van der Waals surface area contributed by atoms with Crippen molar-refractivity contribution >= 4 is 0 Å². The minimum Gasteiger partial charge on any atom is -0.373 e. The van der Waals surface area contributed by atoms with Gasteiger partial charge in [-0.05, 0) is 32.9 Å². The van der Waals surface area contributed by atoms with E-state index in [0.29, 0.717) is 6.04 Å². The van der Waals surface area contributed by atoms with Crippen LogP contribution in [-0.4, -0.2) is 58.8 Å². The lowest BCUT2D eigenvalue weighted by Crippen LogP contribution is -2.50. The van der Waals surface area contributed by atoms with Crippen LogP contribution in [0, 0.1) is 0 Å². The van der Waals surface area contributed by atoms with Gasteiger partial charge >= 0.3 is 0 Å². The Morgan fingerprint density at radius 2 is 2.45 bits per heavy atom. The van der Waals surface area contributed by atoms with Crippen LogP contribution < -0.4 is 5.32 Å². The summed E-state index contributed by atoms with van der Waals surface area (Å²) < 4.78 is 8.13. The molecule has 2 fully saturated rings. The Morgan fingerprint density at radius 1 is 1.55 bits per heavy atom.